The molecule has 2 nitrogen and oxygen atoms in total. The number of carbonyl (C=O) groups is 1. The van der Waals surface area contributed by atoms with Crippen molar-refractivity contribution in [3.8, 4) is 0 Å². The third kappa shape index (κ3) is 3.14. The monoisotopic (exact) mass is 264 g/mol. The van der Waals surface area contributed by atoms with E-state index in [1.165, 1.54) is 12.1 Å². The summed E-state index contributed by atoms with van der Waals surface area (Å²) >= 11 is 0. The van der Waals surface area contributed by atoms with E-state index in [9.17, 15) is 14.3 Å². The zero-order valence-corrected chi connectivity index (χ0v) is 11.5. The summed E-state index contributed by atoms with van der Waals surface area (Å²) < 4.78 is 13.0. The van der Waals surface area contributed by atoms with E-state index in [2.05, 4.69) is 13.8 Å². The fourth-order valence-electron chi connectivity index (χ4n) is 3.18. The van der Waals surface area contributed by atoms with Gasteiger partial charge < -0.3 is 5.11 Å². The van der Waals surface area contributed by atoms with Gasteiger partial charge in [-0.15, -0.1) is 0 Å². The highest BCUT2D eigenvalue weighted by atomic mass is 19.1. The topological polar surface area (TPSA) is 37.3 Å². The molecule has 1 aliphatic carbocycles. The van der Waals surface area contributed by atoms with Gasteiger partial charge in [-0.2, -0.15) is 0 Å². The molecule has 0 radical (unpaired) electrons. The maximum Gasteiger partial charge on any atom is 0.307 e. The summed E-state index contributed by atoms with van der Waals surface area (Å²) in [7, 11) is 0. The molecule has 0 saturated heterocycles. The maximum atomic E-state index is 13.0. The number of rotatable bonds is 3. The lowest BCUT2D eigenvalue weighted by Gasteiger charge is -2.36. The molecule has 104 valence electrons. The van der Waals surface area contributed by atoms with Crippen LogP contribution < -0.4 is 0 Å². The van der Waals surface area contributed by atoms with Gasteiger partial charge in [0.1, 0.15) is 5.82 Å². The zero-order valence-electron chi connectivity index (χ0n) is 11.5. The number of carboxylic acid groups (broad SMARTS) is 1. The van der Waals surface area contributed by atoms with Gasteiger partial charge in [-0.1, -0.05) is 26.0 Å². The van der Waals surface area contributed by atoms with Crippen LogP contribution in [0.4, 0.5) is 4.39 Å². The minimum atomic E-state index is -0.725. The van der Waals surface area contributed by atoms with E-state index in [1.807, 2.05) is 0 Å². The molecule has 3 unspecified atom stereocenters. The first kappa shape index (κ1) is 14.0. The van der Waals surface area contributed by atoms with Gasteiger partial charge in [-0.25, -0.2) is 4.39 Å². The second-order valence-corrected chi connectivity index (χ2v) is 5.92. The Balaban J connectivity index is 2.25. The van der Waals surface area contributed by atoms with Gasteiger partial charge in [0.05, 0.1) is 5.92 Å². The predicted molar refractivity (Wildman–Crippen MR) is 72.4 cm³/mol. The highest BCUT2D eigenvalue weighted by molar-refractivity contribution is 5.71. The predicted octanol–water partition coefficient (Wildman–Crippen LogP) is 4.07. The van der Waals surface area contributed by atoms with E-state index in [0.717, 1.165) is 24.8 Å². The summed E-state index contributed by atoms with van der Waals surface area (Å²) in [5.41, 5.74) is 0.958. The van der Waals surface area contributed by atoms with Gasteiger partial charge in [-0.05, 0) is 54.7 Å². The Labute approximate surface area is 113 Å². The molecule has 2 rings (SSSR count). The number of hydrogen-bond donors (Lipinski definition) is 1. The highest BCUT2D eigenvalue weighted by Gasteiger charge is 2.36. The van der Waals surface area contributed by atoms with Gasteiger partial charge in [-0.3, -0.25) is 4.79 Å². The molecule has 1 N–H and O–H groups in total. The van der Waals surface area contributed by atoms with Crippen molar-refractivity contribution in [3.63, 3.8) is 0 Å². The SMILES string of the molecule is CC(C)C1CCC(C(=O)O)C(c2ccc(F)cc2)C1. The van der Waals surface area contributed by atoms with Crippen molar-refractivity contribution in [2.24, 2.45) is 17.8 Å². The van der Waals surface area contributed by atoms with Crippen LogP contribution >= 0.6 is 0 Å². The summed E-state index contributed by atoms with van der Waals surface area (Å²) in [5, 5.41) is 9.38. The average Bonchev–Trinajstić information content (AvgIpc) is 2.38. The van der Waals surface area contributed by atoms with Crippen LogP contribution in [0.25, 0.3) is 0 Å². The Bertz CT molecular complexity index is 439. The molecule has 1 aromatic rings. The molecule has 0 spiro atoms. The summed E-state index contributed by atoms with van der Waals surface area (Å²) in [6.45, 7) is 4.38. The van der Waals surface area contributed by atoms with Gasteiger partial charge >= 0.3 is 5.97 Å². The van der Waals surface area contributed by atoms with Crippen LogP contribution in [0.5, 0.6) is 0 Å². The third-order valence-electron chi connectivity index (χ3n) is 4.45. The summed E-state index contributed by atoms with van der Waals surface area (Å²) in [5.74, 6) is -0.188. The van der Waals surface area contributed by atoms with Crippen molar-refractivity contribution >= 4 is 5.97 Å². The number of halogens is 1. The van der Waals surface area contributed by atoms with Crippen molar-refractivity contribution < 1.29 is 14.3 Å². The first-order valence-electron chi connectivity index (χ1n) is 6.97. The van der Waals surface area contributed by atoms with E-state index in [1.54, 1.807) is 12.1 Å². The Morgan fingerprint density at radius 1 is 1.26 bits per heavy atom. The fraction of sp³-hybridized carbons (Fsp3) is 0.562. The van der Waals surface area contributed by atoms with Crippen LogP contribution in [-0.2, 0) is 4.79 Å². The molecule has 1 aliphatic rings. The molecule has 1 fully saturated rings. The summed E-state index contributed by atoms with van der Waals surface area (Å²) in [6.07, 6.45) is 2.59. The standard InChI is InChI=1S/C16H21FO2/c1-10(2)12-5-8-14(16(18)19)15(9-12)11-3-6-13(17)7-4-11/h3-4,6-7,10,12,14-15H,5,8-9H2,1-2H3,(H,18,19). The van der Waals surface area contributed by atoms with E-state index in [4.69, 9.17) is 0 Å². The van der Waals surface area contributed by atoms with Crippen LogP contribution in [0.1, 0.15) is 44.6 Å². The normalized spacial score (nSPS) is 27.5. The lowest BCUT2D eigenvalue weighted by molar-refractivity contribution is -0.144. The van der Waals surface area contributed by atoms with Crippen molar-refractivity contribution in [2.75, 3.05) is 0 Å². The smallest absolute Gasteiger partial charge is 0.307 e. The maximum absolute atomic E-state index is 13.0. The molecule has 0 aliphatic heterocycles. The second kappa shape index (κ2) is 5.72. The first-order valence-corrected chi connectivity index (χ1v) is 6.97. The molecule has 3 heteroatoms. The van der Waals surface area contributed by atoms with Crippen LogP contribution in [0, 0.1) is 23.6 Å². The second-order valence-electron chi connectivity index (χ2n) is 5.92. The van der Waals surface area contributed by atoms with E-state index < -0.39 is 5.97 Å². The van der Waals surface area contributed by atoms with Crippen LogP contribution in [0.3, 0.4) is 0 Å². The van der Waals surface area contributed by atoms with Crippen LogP contribution in [0.2, 0.25) is 0 Å². The molecule has 0 amide bonds. The fourth-order valence-corrected chi connectivity index (χ4v) is 3.18. The van der Waals surface area contributed by atoms with E-state index >= 15 is 0 Å². The van der Waals surface area contributed by atoms with E-state index in [0.29, 0.717) is 11.8 Å². The summed E-state index contributed by atoms with van der Waals surface area (Å²) in [6, 6.07) is 6.32. The summed E-state index contributed by atoms with van der Waals surface area (Å²) in [4.78, 5) is 11.4. The Morgan fingerprint density at radius 2 is 1.89 bits per heavy atom. The van der Waals surface area contributed by atoms with Crippen LogP contribution in [-0.4, -0.2) is 11.1 Å². The minimum absolute atomic E-state index is 0.0132. The van der Waals surface area contributed by atoms with Crippen molar-refractivity contribution in [1.82, 2.24) is 0 Å². The molecule has 1 aromatic carbocycles. The average molecular weight is 264 g/mol. The molecule has 1 saturated carbocycles. The molecule has 3 atom stereocenters. The number of carboxylic acids is 1. The minimum Gasteiger partial charge on any atom is -0.481 e. The quantitative estimate of drug-likeness (QED) is 0.893. The number of hydrogen-bond acceptors (Lipinski definition) is 1. The van der Waals surface area contributed by atoms with Gasteiger partial charge in [0.25, 0.3) is 0 Å². The third-order valence-corrected chi connectivity index (χ3v) is 4.45. The van der Waals surface area contributed by atoms with Gasteiger partial charge in [0, 0.05) is 0 Å². The van der Waals surface area contributed by atoms with Crippen molar-refractivity contribution in [3.05, 3.63) is 35.6 Å². The van der Waals surface area contributed by atoms with E-state index in [-0.39, 0.29) is 17.7 Å². The van der Waals surface area contributed by atoms with Crippen molar-refractivity contribution in [2.45, 2.75) is 39.0 Å². The molecule has 0 bridgehead atoms. The molecular formula is C16H21FO2. The largest absolute Gasteiger partial charge is 0.481 e. The Morgan fingerprint density at radius 3 is 2.42 bits per heavy atom. The van der Waals surface area contributed by atoms with Gasteiger partial charge in [0.15, 0.2) is 0 Å². The molecule has 0 aromatic heterocycles. The zero-order chi connectivity index (χ0) is 14.0. The molecule has 19 heavy (non-hydrogen) atoms. The lowest BCUT2D eigenvalue weighted by atomic mass is 9.68. The first-order chi connectivity index (χ1) is 8.99. The Hall–Kier alpha value is -1.38. The molecule has 0 heterocycles. The Kier molecular flexibility index (Phi) is 4.23. The number of aliphatic carboxylic acids is 1. The molecular weight excluding hydrogens is 243 g/mol. The van der Waals surface area contributed by atoms with Gasteiger partial charge in [0.2, 0.25) is 0 Å². The number of benzene rings is 1. The van der Waals surface area contributed by atoms with Crippen molar-refractivity contribution in [1.29, 1.82) is 0 Å². The van der Waals surface area contributed by atoms with Crippen LogP contribution in [0.15, 0.2) is 24.3 Å². The highest BCUT2D eigenvalue weighted by Crippen LogP contribution is 2.43. The lowest BCUT2D eigenvalue weighted by Crippen LogP contribution is -2.31.